The molecule has 0 aliphatic rings. The Bertz CT molecular complexity index is 407. The molecule has 112 valence electrons. The number of hydrogen-bond donors (Lipinski definition) is 2. The summed E-state index contributed by atoms with van der Waals surface area (Å²) < 4.78 is 35.8. The Kier molecular flexibility index (Phi) is 6.51. The molecule has 0 saturated carbocycles. The van der Waals surface area contributed by atoms with Crippen molar-refractivity contribution in [2.75, 3.05) is 11.9 Å². The van der Waals surface area contributed by atoms with E-state index in [1.54, 1.807) is 19.1 Å². The van der Waals surface area contributed by atoms with E-state index in [-0.39, 0.29) is 12.3 Å². The fraction of sp³-hybridized carbons (Fsp3) is 0.500. The van der Waals surface area contributed by atoms with Gasteiger partial charge in [-0.2, -0.15) is 13.2 Å². The van der Waals surface area contributed by atoms with Crippen molar-refractivity contribution in [1.29, 1.82) is 0 Å². The van der Waals surface area contributed by atoms with Crippen molar-refractivity contribution in [1.82, 2.24) is 5.32 Å². The molecule has 1 atom stereocenters. The van der Waals surface area contributed by atoms with Crippen LogP contribution in [0.5, 0.6) is 0 Å². The molecule has 0 spiro atoms. The van der Waals surface area contributed by atoms with Crippen LogP contribution < -0.4 is 10.6 Å². The molecule has 0 heterocycles. The number of rotatable bonds is 7. The number of halogens is 3. The van der Waals surface area contributed by atoms with Gasteiger partial charge >= 0.3 is 6.18 Å². The average Bonchev–Trinajstić information content (AvgIpc) is 2.38. The number of carbonyl (C=O) groups is 1. The number of nitrogens with one attached hydrogen (secondary N) is 2. The third kappa shape index (κ3) is 7.13. The Labute approximate surface area is 116 Å². The molecule has 20 heavy (non-hydrogen) atoms. The first kappa shape index (κ1) is 16.5. The van der Waals surface area contributed by atoms with E-state index in [1.165, 1.54) is 0 Å². The highest BCUT2D eigenvalue weighted by Gasteiger charge is 2.25. The molecule has 1 rings (SSSR count). The van der Waals surface area contributed by atoms with Crippen LogP contribution in [0.3, 0.4) is 0 Å². The zero-order valence-corrected chi connectivity index (χ0v) is 11.3. The standard InChI is InChI=1S/C14H19F3N2O/c1-11(18-10-6-5-9-14(15,16)17)13(20)19-12-7-3-2-4-8-12/h2-4,7-8,11,18H,5-6,9-10H2,1H3,(H,19,20). The summed E-state index contributed by atoms with van der Waals surface area (Å²) in [5.41, 5.74) is 0.697. The Balaban J connectivity index is 2.19. The fourth-order valence-corrected chi connectivity index (χ4v) is 1.63. The number of anilines is 1. The summed E-state index contributed by atoms with van der Waals surface area (Å²) in [6.45, 7) is 2.07. The van der Waals surface area contributed by atoms with E-state index in [2.05, 4.69) is 10.6 Å². The zero-order valence-electron chi connectivity index (χ0n) is 11.3. The van der Waals surface area contributed by atoms with Gasteiger partial charge in [0, 0.05) is 12.1 Å². The molecular weight excluding hydrogens is 269 g/mol. The molecule has 0 bridgehead atoms. The van der Waals surface area contributed by atoms with Crippen LogP contribution in [0.25, 0.3) is 0 Å². The highest BCUT2D eigenvalue weighted by molar-refractivity contribution is 5.94. The molecule has 1 aromatic carbocycles. The van der Waals surface area contributed by atoms with Gasteiger partial charge in [0.15, 0.2) is 0 Å². The minimum absolute atomic E-state index is 0.0729. The van der Waals surface area contributed by atoms with Gasteiger partial charge < -0.3 is 10.6 Å². The topological polar surface area (TPSA) is 41.1 Å². The molecule has 1 unspecified atom stereocenters. The fourth-order valence-electron chi connectivity index (χ4n) is 1.63. The van der Waals surface area contributed by atoms with Crippen LogP contribution >= 0.6 is 0 Å². The first-order valence-corrected chi connectivity index (χ1v) is 6.54. The number of unbranched alkanes of at least 4 members (excludes halogenated alkanes) is 1. The molecule has 6 heteroatoms. The van der Waals surface area contributed by atoms with E-state index in [0.717, 1.165) is 0 Å². The summed E-state index contributed by atoms with van der Waals surface area (Å²) >= 11 is 0. The Morgan fingerprint density at radius 1 is 1.20 bits per heavy atom. The quantitative estimate of drug-likeness (QED) is 0.756. The molecule has 3 nitrogen and oxygen atoms in total. The van der Waals surface area contributed by atoms with Gasteiger partial charge in [0.1, 0.15) is 0 Å². The van der Waals surface area contributed by atoms with Crippen LogP contribution in [-0.4, -0.2) is 24.7 Å². The van der Waals surface area contributed by atoms with E-state index in [4.69, 9.17) is 0 Å². The number of para-hydroxylation sites is 1. The second-order valence-corrected chi connectivity index (χ2v) is 4.60. The van der Waals surface area contributed by atoms with Gasteiger partial charge in [-0.25, -0.2) is 0 Å². The maximum atomic E-state index is 11.9. The van der Waals surface area contributed by atoms with Crippen LogP contribution in [0.15, 0.2) is 30.3 Å². The van der Waals surface area contributed by atoms with Crippen LogP contribution in [0.1, 0.15) is 26.2 Å². The Morgan fingerprint density at radius 3 is 2.45 bits per heavy atom. The summed E-state index contributed by atoms with van der Waals surface area (Å²) in [5, 5.41) is 5.63. The van der Waals surface area contributed by atoms with Crippen molar-refractivity contribution < 1.29 is 18.0 Å². The van der Waals surface area contributed by atoms with Crippen molar-refractivity contribution in [3.63, 3.8) is 0 Å². The van der Waals surface area contributed by atoms with Crippen molar-refractivity contribution >= 4 is 11.6 Å². The van der Waals surface area contributed by atoms with Crippen molar-refractivity contribution in [3.05, 3.63) is 30.3 Å². The molecule has 0 aliphatic heterocycles. The molecule has 0 aliphatic carbocycles. The van der Waals surface area contributed by atoms with Crippen LogP contribution in [0, 0.1) is 0 Å². The summed E-state index contributed by atoms with van der Waals surface area (Å²) in [5.74, 6) is -0.202. The van der Waals surface area contributed by atoms with Crippen LogP contribution in [-0.2, 0) is 4.79 Å². The third-order valence-corrected chi connectivity index (χ3v) is 2.77. The normalized spacial score (nSPS) is 13.0. The number of alkyl halides is 3. The van der Waals surface area contributed by atoms with Gasteiger partial charge in [-0.3, -0.25) is 4.79 Å². The first-order chi connectivity index (χ1) is 9.38. The first-order valence-electron chi connectivity index (χ1n) is 6.54. The Morgan fingerprint density at radius 2 is 1.85 bits per heavy atom. The van der Waals surface area contributed by atoms with Gasteiger partial charge in [0.05, 0.1) is 6.04 Å². The highest BCUT2D eigenvalue weighted by Crippen LogP contribution is 2.21. The van der Waals surface area contributed by atoms with E-state index in [0.29, 0.717) is 18.7 Å². The predicted molar refractivity (Wildman–Crippen MR) is 72.4 cm³/mol. The van der Waals surface area contributed by atoms with Crippen LogP contribution in [0.4, 0.5) is 18.9 Å². The molecule has 0 saturated heterocycles. The summed E-state index contributed by atoms with van der Waals surface area (Å²) in [6.07, 6.45) is -4.42. The van der Waals surface area contributed by atoms with Crippen molar-refractivity contribution in [3.8, 4) is 0 Å². The minimum Gasteiger partial charge on any atom is -0.325 e. The van der Waals surface area contributed by atoms with Gasteiger partial charge in [0.25, 0.3) is 0 Å². The number of benzene rings is 1. The van der Waals surface area contributed by atoms with Gasteiger partial charge in [-0.05, 0) is 38.4 Å². The van der Waals surface area contributed by atoms with Crippen LogP contribution in [0.2, 0.25) is 0 Å². The minimum atomic E-state index is -4.10. The molecule has 0 radical (unpaired) electrons. The second kappa shape index (κ2) is 7.89. The second-order valence-electron chi connectivity index (χ2n) is 4.60. The van der Waals surface area contributed by atoms with Gasteiger partial charge in [-0.1, -0.05) is 18.2 Å². The zero-order chi connectivity index (χ0) is 15.0. The molecule has 0 aromatic heterocycles. The summed E-state index contributed by atoms with van der Waals surface area (Å²) in [7, 11) is 0. The SMILES string of the molecule is CC(NCCCCC(F)(F)F)C(=O)Nc1ccccc1. The lowest BCUT2D eigenvalue weighted by atomic mass is 10.2. The maximum absolute atomic E-state index is 11.9. The highest BCUT2D eigenvalue weighted by atomic mass is 19.4. The number of carbonyl (C=O) groups excluding carboxylic acids is 1. The molecule has 2 N–H and O–H groups in total. The smallest absolute Gasteiger partial charge is 0.325 e. The number of amides is 1. The predicted octanol–water partition coefficient (Wildman–Crippen LogP) is 3.34. The van der Waals surface area contributed by atoms with E-state index < -0.39 is 18.6 Å². The lowest BCUT2D eigenvalue weighted by Gasteiger charge is -2.14. The van der Waals surface area contributed by atoms with Gasteiger partial charge in [-0.15, -0.1) is 0 Å². The lowest BCUT2D eigenvalue weighted by Crippen LogP contribution is -2.38. The molecule has 0 fully saturated rings. The van der Waals surface area contributed by atoms with E-state index in [1.807, 2.05) is 18.2 Å². The van der Waals surface area contributed by atoms with Crippen molar-refractivity contribution in [2.45, 2.75) is 38.4 Å². The third-order valence-electron chi connectivity index (χ3n) is 2.77. The van der Waals surface area contributed by atoms with E-state index in [9.17, 15) is 18.0 Å². The molecule has 1 amide bonds. The lowest BCUT2D eigenvalue weighted by molar-refractivity contribution is -0.135. The monoisotopic (exact) mass is 288 g/mol. The molecule has 1 aromatic rings. The Hall–Kier alpha value is -1.56. The average molecular weight is 288 g/mol. The van der Waals surface area contributed by atoms with Crippen molar-refractivity contribution in [2.24, 2.45) is 0 Å². The summed E-state index contributed by atoms with van der Waals surface area (Å²) in [6, 6.07) is 8.57. The molecular formula is C14H19F3N2O. The largest absolute Gasteiger partial charge is 0.389 e. The van der Waals surface area contributed by atoms with Gasteiger partial charge in [0.2, 0.25) is 5.91 Å². The summed E-state index contributed by atoms with van der Waals surface area (Å²) in [4.78, 5) is 11.8. The number of hydrogen-bond acceptors (Lipinski definition) is 2. The van der Waals surface area contributed by atoms with E-state index >= 15 is 0 Å². The maximum Gasteiger partial charge on any atom is 0.389 e.